The van der Waals surface area contributed by atoms with Crippen molar-refractivity contribution in [1.82, 2.24) is 4.98 Å². The number of aromatic amines is 1. The van der Waals surface area contributed by atoms with Crippen molar-refractivity contribution in [3.8, 4) is 22.3 Å². The van der Waals surface area contributed by atoms with Gasteiger partial charge in [-0.25, -0.2) is 0 Å². The molecule has 9 aromatic rings. The highest BCUT2D eigenvalue weighted by Gasteiger charge is 2.15. The maximum Gasteiger partial charge on any atom is 0.0544 e. The molecule has 40 heavy (non-hydrogen) atoms. The van der Waals surface area contributed by atoms with Crippen LogP contribution in [0.5, 0.6) is 0 Å². The Morgan fingerprint density at radius 2 is 1.10 bits per heavy atom. The van der Waals surface area contributed by atoms with E-state index in [-0.39, 0.29) is 0 Å². The van der Waals surface area contributed by atoms with Crippen LogP contribution in [-0.4, -0.2) is 4.98 Å². The van der Waals surface area contributed by atoms with Gasteiger partial charge in [0.15, 0.2) is 0 Å². The third-order valence-corrected chi connectivity index (χ3v) is 9.57. The second-order valence-electron chi connectivity index (χ2n) is 10.6. The van der Waals surface area contributed by atoms with E-state index in [1.807, 2.05) is 11.3 Å². The van der Waals surface area contributed by atoms with Gasteiger partial charge in [-0.3, -0.25) is 0 Å². The van der Waals surface area contributed by atoms with Crippen LogP contribution in [-0.2, 0) is 0 Å². The van der Waals surface area contributed by atoms with Gasteiger partial charge in [0, 0.05) is 42.0 Å². The first kappa shape index (κ1) is 22.0. The largest absolute Gasteiger partial charge is 0.354 e. The molecule has 0 saturated carbocycles. The van der Waals surface area contributed by atoms with Crippen molar-refractivity contribution in [1.29, 1.82) is 0 Å². The molecule has 0 fully saturated rings. The zero-order valence-corrected chi connectivity index (χ0v) is 22.4. The van der Waals surface area contributed by atoms with E-state index >= 15 is 0 Å². The molecule has 1 N–H and O–H groups in total. The van der Waals surface area contributed by atoms with Gasteiger partial charge in [-0.15, -0.1) is 11.3 Å². The number of nitrogens with one attached hydrogen (secondary N) is 1. The van der Waals surface area contributed by atoms with E-state index in [0.717, 1.165) is 0 Å². The van der Waals surface area contributed by atoms with Crippen LogP contribution in [0.4, 0.5) is 0 Å². The minimum Gasteiger partial charge on any atom is -0.354 e. The molecule has 0 radical (unpaired) electrons. The molecule has 2 aromatic heterocycles. The van der Waals surface area contributed by atoms with Crippen molar-refractivity contribution in [2.24, 2.45) is 0 Å². The lowest BCUT2D eigenvalue weighted by atomic mass is 9.91. The van der Waals surface area contributed by atoms with Gasteiger partial charge in [-0.1, -0.05) is 109 Å². The maximum absolute atomic E-state index is 3.78. The lowest BCUT2D eigenvalue weighted by Gasteiger charge is -2.12. The number of hydrogen-bond donors (Lipinski definition) is 1. The average Bonchev–Trinajstić information content (AvgIpc) is 3.59. The lowest BCUT2D eigenvalue weighted by molar-refractivity contribution is 1.54. The second-order valence-corrected chi connectivity index (χ2v) is 11.7. The summed E-state index contributed by atoms with van der Waals surface area (Å²) in [6.45, 7) is 0. The van der Waals surface area contributed by atoms with Crippen LogP contribution in [0.25, 0.3) is 85.8 Å². The molecule has 7 aromatic carbocycles. The monoisotopic (exact) mass is 525 g/mol. The molecule has 0 aliphatic heterocycles. The second kappa shape index (κ2) is 8.29. The molecule has 0 aliphatic carbocycles. The van der Waals surface area contributed by atoms with Gasteiger partial charge in [0.05, 0.1) is 5.52 Å². The molecule has 0 atom stereocenters. The molecule has 186 valence electrons. The minimum absolute atomic E-state index is 1.18. The number of rotatable bonds is 2. The van der Waals surface area contributed by atoms with Gasteiger partial charge in [-0.05, 0) is 62.5 Å². The molecule has 9 rings (SSSR count). The molecule has 0 unspecified atom stereocenters. The Bertz CT molecular complexity index is 2440. The van der Waals surface area contributed by atoms with Crippen LogP contribution >= 0.6 is 11.3 Å². The highest BCUT2D eigenvalue weighted by atomic mass is 32.1. The van der Waals surface area contributed by atoms with E-state index in [0.29, 0.717) is 0 Å². The molecule has 2 heteroatoms. The molecule has 0 saturated heterocycles. The summed E-state index contributed by atoms with van der Waals surface area (Å²) in [7, 11) is 0. The number of fused-ring (bicyclic) bond motifs is 9. The Labute approximate surface area is 234 Å². The fourth-order valence-electron chi connectivity index (χ4n) is 6.61. The summed E-state index contributed by atoms with van der Waals surface area (Å²) in [4.78, 5) is 3.78. The Kier molecular flexibility index (Phi) is 4.55. The molecule has 0 bridgehead atoms. The SMILES string of the molecule is c1ccc2c(c1)ccc1[nH]c3c(-c4cccc5c(-c6ccc7sc8ccccc8c7c6)cccc45)cccc3c12. The lowest BCUT2D eigenvalue weighted by Crippen LogP contribution is -1.86. The maximum atomic E-state index is 3.78. The van der Waals surface area contributed by atoms with Crippen molar-refractivity contribution < 1.29 is 0 Å². The predicted octanol–water partition coefficient (Wildman–Crippen LogP) is 11.3. The number of para-hydroxylation sites is 1. The van der Waals surface area contributed by atoms with Gasteiger partial charge in [0.2, 0.25) is 0 Å². The van der Waals surface area contributed by atoms with Gasteiger partial charge >= 0.3 is 0 Å². The number of aromatic nitrogens is 1. The van der Waals surface area contributed by atoms with Crippen molar-refractivity contribution in [2.75, 3.05) is 0 Å². The summed E-state index contributed by atoms with van der Waals surface area (Å²) in [6.07, 6.45) is 0. The number of H-pyrrole nitrogens is 1. The quantitative estimate of drug-likeness (QED) is 0.231. The standard InChI is InChI=1S/C38H23NS/c1-2-9-26-23(8-1)18-20-34-37(26)32-16-7-15-31(38(32)39-34)29-14-6-12-27-25(11-5-13-28(27)29)24-19-21-36-33(22-24)30-10-3-4-17-35(30)40-36/h1-22,39H. The van der Waals surface area contributed by atoms with E-state index < -0.39 is 0 Å². The summed E-state index contributed by atoms with van der Waals surface area (Å²) in [5, 5.41) is 10.3. The molecule has 0 spiro atoms. The van der Waals surface area contributed by atoms with Gasteiger partial charge in [0.25, 0.3) is 0 Å². The molecule has 1 nitrogen and oxygen atoms in total. The normalized spacial score (nSPS) is 12.0. The van der Waals surface area contributed by atoms with Crippen molar-refractivity contribution in [3.05, 3.63) is 133 Å². The smallest absolute Gasteiger partial charge is 0.0544 e. The van der Waals surface area contributed by atoms with Crippen LogP contribution in [0.1, 0.15) is 0 Å². The predicted molar refractivity (Wildman–Crippen MR) is 175 cm³/mol. The van der Waals surface area contributed by atoms with E-state index in [2.05, 4.69) is 138 Å². The molecular weight excluding hydrogens is 502 g/mol. The third-order valence-electron chi connectivity index (χ3n) is 8.42. The van der Waals surface area contributed by atoms with Gasteiger partial charge in [-0.2, -0.15) is 0 Å². The summed E-state index contributed by atoms with van der Waals surface area (Å²) < 4.78 is 2.68. The highest BCUT2D eigenvalue weighted by molar-refractivity contribution is 7.25. The highest BCUT2D eigenvalue weighted by Crippen LogP contribution is 2.42. The Balaban J connectivity index is 1.29. The number of hydrogen-bond acceptors (Lipinski definition) is 1. The summed E-state index contributed by atoms with van der Waals surface area (Å²) in [5.41, 5.74) is 7.39. The van der Waals surface area contributed by atoms with Crippen LogP contribution in [0, 0.1) is 0 Å². The summed E-state index contributed by atoms with van der Waals surface area (Å²) in [5.74, 6) is 0. The Morgan fingerprint density at radius 3 is 2.00 bits per heavy atom. The Morgan fingerprint density at radius 1 is 0.425 bits per heavy atom. The fraction of sp³-hybridized carbons (Fsp3) is 0. The summed E-state index contributed by atoms with van der Waals surface area (Å²) >= 11 is 1.87. The number of thiophene rings is 1. The van der Waals surface area contributed by atoms with E-state index in [4.69, 9.17) is 0 Å². The molecule has 0 amide bonds. The first-order valence-corrected chi connectivity index (χ1v) is 14.5. The molecule has 0 aliphatic rings. The fourth-order valence-corrected chi connectivity index (χ4v) is 7.70. The van der Waals surface area contributed by atoms with Crippen LogP contribution < -0.4 is 0 Å². The van der Waals surface area contributed by atoms with E-state index in [1.165, 1.54) is 85.8 Å². The molecule has 2 heterocycles. The van der Waals surface area contributed by atoms with Crippen LogP contribution in [0.2, 0.25) is 0 Å². The topological polar surface area (TPSA) is 15.8 Å². The van der Waals surface area contributed by atoms with Crippen molar-refractivity contribution in [3.63, 3.8) is 0 Å². The Hall–Kier alpha value is -4.92. The minimum atomic E-state index is 1.18. The third kappa shape index (κ3) is 3.08. The van der Waals surface area contributed by atoms with Crippen molar-refractivity contribution in [2.45, 2.75) is 0 Å². The van der Waals surface area contributed by atoms with Crippen LogP contribution in [0.3, 0.4) is 0 Å². The zero-order chi connectivity index (χ0) is 26.2. The summed E-state index contributed by atoms with van der Waals surface area (Å²) in [6, 6.07) is 48.9. The number of benzene rings is 7. The van der Waals surface area contributed by atoms with Crippen molar-refractivity contribution >= 4 is 74.9 Å². The zero-order valence-electron chi connectivity index (χ0n) is 21.6. The first-order valence-electron chi connectivity index (χ1n) is 13.7. The van der Waals surface area contributed by atoms with Gasteiger partial charge < -0.3 is 4.98 Å². The van der Waals surface area contributed by atoms with E-state index in [9.17, 15) is 0 Å². The average molecular weight is 526 g/mol. The first-order chi connectivity index (χ1) is 19.8. The van der Waals surface area contributed by atoms with E-state index in [1.54, 1.807) is 0 Å². The van der Waals surface area contributed by atoms with Crippen LogP contribution in [0.15, 0.2) is 133 Å². The van der Waals surface area contributed by atoms with Gasteiger partial charge in [0.1, 0.15) is 0 Å². The molecular formula is C38H23NS.